The molecule has 0 aromatic heterocycles. The lowest BCUT2D eigenvalue weighted by atomic mass is 9.99. The molecule has 0 bridgehead atoms. The first-order valence-corrected chi connectivity index (χ1v) is 6.24. The van der Waals surface area contributed by atoms with Gasteiger partial charge in [-0.25, -0.2) is 0 Å². The molecular formula is C13H19ClN2O. The molecule has 0 aliphatic carbocycles. The summed E-state index contributed by atoms with van der Waals surface area (Å²) in [6, 6.07) is 5.77. The maximum absolute atomic E-state index is 6.09. The van der Waals surface area contributed by atoms with E-state index < -0.39 is 0 Å². The van der Waals surface area contributed by atoms with Crippen LogP contribution in [0.4, 0.5) is 5.69 Å². The van der Waals surface area contributed by atoms with Crippen LogP contribution in [0.3, 0.4) is 0 Å². The summed E-state index contributed by atoms with van der Waals surface area (Å²) in [5.74, 6) is 0.879. The molecule has 1 N–H and O–H groups in total. The second-order valence-electron chi connectivity index (χ2n) is 4.96. The van der Waals surface area contributed by atoms with E-state index >= 15 is 0 Å². The standard InChI is InChI=1S/C13H19ClN2O/c1-13(2)9-15-6-7-16(13)11-8-10(14)4-5-12(11)17-3/h4-5,8,15H,6-7,9H2,1-3H3. The largest absolute Gasteiger partial charge is 0.495 e. The number of nitrogens with zero attached hydrogens (tertiary/aromatic N) is 1. The fourth-order valence-corrected chi connectivity index (χ4v) is 2.47. The maximum atomic E-state index is 6.09. The van der Waals surface area contributed by atoms with Gasteiger partial charge < -0.3 is 15.0 Å². The number of halogens is 1. The molecule has 1 saturated heterocycles. The van der Waals surface area contributed by atoms with Crippen molar-refractivity contribution in [3.63, 3.8) is 0 Å². The van der Waals surface area contributed by atoms with E-state index in [0.29, 0.717) is 0 Å². The van der Waals surface area contributed by atoms with Gasteiger partial charge in [-0.1, -0.05) is 11.6 Å². The highest BCUT2D eigenvalue weighted by Crippen LogP contribution is 2.35. The smallest absolute Gasteiger partial charge is 0.142 e. The molecule has 1 aromatic rings. The lowest BCUT2D eigenvalue weighted by Gasteiger charge is -2.44. The minimum atomic E-state index is 0.0657. The summed E-state index contributed by atoms with van der Waals surface area (Å²) in [4.78, 5) is 2.36. The van der Waals surface area contributed by atoms with E-state index in [1.165, 1.54) is 0 Å². The molecule has 1 aliphatic heterocycles. The Morgan fingerprint density at radius 1 is 1.41 bits per heavy atom. The molecule has 2 rings (SSSR count). The first kappa shape index (κ1) is 12.5. The summed E-state index contributed by atoms with van der Waals surface area (Å²) >= 11 is 6.09. The van der Waals surface area contributed by atoms with Crippen LogP contribution in [0.1, 0.15) is 13.8 Å². The van der Waals surface area contributed by atoms with Crippen LogP contribution in [0.5, 0.6) is 5.75 Å². The molecule has 0 atom stereocenters. The normalized spacial score (nSPS) is 19.2. The number of rotatable bonds is 2. The Bertz CT molecular complexity index is 406. The fourth-order valence-electron chi connectivity index (χ4n) is 2.30. The van der Waals surface area contributed by atoms with Crippen molar-refractivity contribution < 1.29 is 4.74 Å². The zero-order valence-corrected chi connectivity index (χ0v) is 11.3. The number of benzene rings is 1. The van der Waals surface area contributed by atoms with Gasteiger partial charge in [0.1, 0.15) is 5.75 Å². The molecule has 1 heterocycles. The van der Waals surface area contributed by atoms with Crippen LogP contribution >= 0.6 is 11.6 Å². The number of ether oxygens (including phenoxy) is 1. The minimum Gasteiger partial charge on any atom is -0.495 e. The van der Waals surface area contributed by atoms with Crippen molar-refractivity contribution in [2.24, 2.45) is 0 Å². The predicted octanol–water partition coefficient (Wildman–Crippen LogP) is 2.54. The van der Waals surface area contributed by atoms with Gasteiger partial charge in [0.05, 0.1) is 12.8 Å². The Hall–Kier alpha value is -0.930. The molecular weight excluding hydrogens is 236 g/mol. The van der Waals surface area contributed by atoms with E-state index in [1.54, 1.807) is 7.11 Å². The first-order chi connectivity index (χ1) is 8.04. The molecule has 3 nitrogen and oxygen atoms in total. The highest BCUT2D eigenvalue weighted by atomic mass is 35.5. The summed E-state index contributed by atoms with van der Waals surface area (Å²) < 4.78 is 5.43. The van der Waals surface area contributed by atoms with Crippen LogP contribution in [-0.4, -0.2) is 32.3 Å². The van der Waals surface area contributed by atoms with Crippen LogP contribution in [0.2, 0.25) is 5.02 Å². The SMILES string of the molecule is COc1ccc(Cl)cc1N1CCNCC1(C)C. The van der Waals surface area contributed by atoms with E-state index in [9.17, 15) is 0 Å². The molecule has 4 heteroatoms. The number of anilines is 1. The Labute approximate surface area is 108 Å². The van der Waals surface area contributed by atoms with Crippen molar-refractivity contribution in [1.82, 2.24) is 5.32 Å². The van der Waals surface area contributed by atoms with E-state index in [0.717, 1.165) is 36.1 Å². The average molecular weight is 255 g/mol. The van der Waals surface area contributed by atoms with Gasteiger partial charge in [0.2, 0.25) is 0 Å². The van der Waals surface area contributed by atoms with Gasteiger partial charge in [-0.15, -0.1) is 0 Å². The summed E-state index contributed by atoms with van der Waals surface area (Å²) in [5.41, 5.74) is 1.14. The van der Waals surface area contributed by atoms with Gasteiger partial charge in [0.25, 0.3) is 0 Å². The van der Waals surface area contributed by atoms with Crippen LogP contribution in [0.15, 0.2) is 18.2 Å². The molecule has 1 aromatic carbocycles. The molecule has 0 unspecified atom stereocenters. The van der Waals surface area contributed by atoms with Crippen molar-refractivity contribution in [3.8, 4) is 5.75 Å². The van der Waals surface area contributed by atoms with Gasteiger partial charge in [-0.3, -0.25) is 0 Å². The van der Waals surface area contributed by atoms with E-state index in [1.807, 2.05) is 18.2 Å². The zero-order valence-electron chi connectivity index (χ0n) is 10.6. The van der Waals surface area contributed by atoms with E-state index in [2.05, 4.69) is 24.1 Å². The molecule has 0 radical (unpaired) electrons. The van der Waals surface area contributed by atoms with Crippen molar-refractivity contribution in [3.05, 3.63) is 23.2 Å². The number of hydrogen-bond acceptors (Lipinski definition) is 3. The maximum Gasteiger partial charge on any atom is 0.142 e. The molecule has 17 heavy (non-hydrogen) atoms. The summed E-state index contributed by atoms with van der Waals surface area (Å²) in [6.45, 7) is 7.35. The molecule has 1 aliphatic rings. The van der Waals surface area contributed by atoms with E-state index in [-0.39, 0.29) is 5.54 Å². The van der Waals surface area contributed by atoms with Gasteiger partial charge in [-0.2, -0.15) is 0 Å². The van der Waals surface area contributed by atoms with Crippen molar-refractivity contribution in [2.75, 3.05) is 31.6 Å². The highest BCUT2D eigenvalue weighted by molar-refractivity contribution is 6.30. The molecule has 94 valence electrons. The van der Waals surface area contributed by atoms with Gasteiger partial charge >= 0.3 is 0 Å². The third kappa shape index (κ3) is 2.50. The van der Waals surface area contributed by atoms with Crippen molar-refractivity contribution in [1.29, 1.82) is 0 Å². The number of hydrogen-bond donors (Lipinski definition) is 1. The molecule has 1 fully saturated rings. The van der Waals surface area contributed by atoms with Crippen LogP contribution in [0, 0.1) is 0 Å². The zero-order chi connectivity index (χ0) is 12.5. The minimum absolute atomic E-state index is 0.0657. The topological polar surface area (TPSA) is 24.5 Å². The third-order valence-corrected chi connectivity index (χ3v) is 3.47. The Kier molecular flexibility index (Phi) is 3.50. The van der Waals surface area contributed by atoms with Gasteiger partial charge in [-0.05, 0) is 32.0 Å². The van der Waals surface area contributed by atoms with Gasteiger partial charge in [0.15, 0.2) is 0 Å². The molecule has 0 saturated carbocycles. The van der Waals surface area contributed by atoms with Crippen LogP contribution < -0.4 is 15.0 Å². The monoisotopic (exact) mass is 254 g/mol. The third-order valence-electron chi connectivity index (χ3n) is 3.23. The molecule has 0 spiro atoms. The predicted molar refractivity (Wildman–Crippen MR) is 72.3 cm³/mol. The quantitative estimate of drug-likeness (QED) is 0.878. The summed E-state index contributed by atoms with van der Waals surface area (Å²) in [6.07, 6.45) is 0. The fraction of sp³-hybridized carbons (Fsp3) is 0.538. The Morgan fingerprint density at radius 3 is 2.82 bits per heavy atom. The Balaban J connectivity index is 2.40. The van der Waals surface area contributed by atoms with Crippen molar-refractivity contribution >= 4 is 17.3 Å². The van der Waals surface area contributed by atoms with Crippen LogP contribution in [-0.2, 0) is 0 Å². The van der Waals surface area contributed by atoms with Crippen LogP contribution in [0.25, 0.3) is 0 Å². The van der Waals surface area contributed by atoms with Gasteiger partial charge in [0, 0.05) is 30.2 Å². The molecule has 0 amide bonds. The average Bonchev–Trinajstić information content (AvgIpc) is 2.28. The van der Waals surface area contributed by atoms with Crippen molar-refractivity contribution in [2.45, 2.75) is 19.4 Å². The first-order valence-electron chi connectivity index (χ1n) is 5.86. The summed E-state index contributed by atoms with van der Waals surface area (Å²) in [5, 5.41) is 4.16. The highest BCUT2D eigenvalue weighted by Gasteiger charge is 2.31. The summed E-state index contributed by atoms with van der Waals surface area (Å²) in [7, 11) is 1.70. The number of piperazine rings is 1. The number of methoxy groups -OCH3 is 1. The Morgan fingerprint density at radius 2 is 2.18 bits per heavy atom. The lowest BCUT2D eigenvalue weighted by Crippen LogP contribution is -2.58. The number of nitrogens with one attached hydrogen (secondary N) is 1. The van der Waals surface area contributed by atoms with E-state index in [4.69, 9.17) is 16.3 Å². The second-order valence-corrected chi connectivity index (χ2v) is 5.39. The lowest BCUT2D eigenvalue weighted by molar-refractivity contribution is 0.367. The second kappa shape index (κ2) is 4.75.